The van der Waals surface area contributed by atoms with Gasteiger partial charge in [-0.25, -0.2) is 0 Å². The van der Waals surface area contributed by atoms with Gasteiger partial charge in [0.2, 0.25) is 11.7 Å². The van der Waals surface area contributed by atoms with Crippen molar-refractivity contribution in [3.05, 3.63) is 23.4 Å². The first-order valence-electron chi connectivity index (χ1n) is 5.37. The van der Waals surface area contributed by atoms with Crippen molar-refractivity contribution in [2.75, 3.05) is 13.1 Å². The minimum Gasteiger partial charge on any atom is -0.338 e. The number of hydrogen-bond acceptors (Lipinski definition) is 5. The zero-order valence-corrected chi connectivity index (χ0v) is 9.88. The van der Waals surface area contributed by atoms with E-state index < -0.39 is 0 Å². The fourth-order valence-electron chi connectivity index (χ4n) is 1.97. The SMILES string of the molecule is CC1(c2nc(-c3cccs3)no2)CCNC1. The molecule has 3 heterocycles. The fourth-order valence-corrected chi connectivity index (χ4v) is 2.62. The summed E-state index contributed by atoms with van der Waals surface area (Å²) >= 11 is 1.63. The molecular weight excluding hydrogens is 222 g/mol. The molecule has 1 aliphatic heterocycles. The Morgan fingerprint density at radius 2 is 2.50 bits per heavy atom. The molecule has 1 unspecified atom stereocenters. The van der Waals surface area contributed by atoms with Gasteiger partial charge in [0.25, 0.3) is 0 Å². The van der Waals surface area contributed by atoms with Gasteiger partial charge in [0.05, 0.1) is 10.3 Å². The number of nitrogens with one attached hydrogen (secondary N) is 1. The molecule has 0 radical (unpaired) electrons. The van der Waals surface area contributed by atoms with Crippen LogP contribution >= 0.6 is 11.3 Å². The standard InChI is InChI=1S/C11H13N3OS/c1-11(4-5-12-7-11)10-13-9(14-15-10)8-3-2-6-16-8/h2-3,6,12H,4-5,7H2,1H3. The first kappa shape index (κ1) is 9.99. The number of aromatic nitrogens is 2. The smallest absolute Gasteiger partial charge is 0.234 e. The van der Waals surface area contributed by atoms with Gasteiger partial charge in [-0.3, -0.25) is 0 Å². The summed E-state index contributed by atoms with van der Waals surface area (Å²) in [5, 5.41) is 9.39. The second-order valence-electron chi connectivity index (χ2n) is 4.39. The highest BCUT2D eigenvalue weighted by Crippen LogP contribution is 2.31. The lowest BCUT2D eigenvalue weighted by atomic mass is 9.90. The van der Waals surface area contributed by atoms with Crippen molar-refractivity contribution in [1.29, 1.82) is 0 Å². The third-order valence-corrected chi connectivity index (χ3v) is 3.92. The second kappa shape index (κ2) is 3.68. The van der Waals surface area contributed by atoms with Crippen molar-refractivity contribution in [2.24, 2.45) is 0 Å². The van der Waals surface area contributed by atoms with Gasteiger partial charge in [-0.1, -0.05) is 11.2 Å². The van der Waals surface area contributed by atoms with Crippen LogP contribution < -0.4 is 5.32 Å². The van der Waals surface area contributed by atoms with Gasteiger partial charge in [0.1, 0.15) is 0 Å². The minimum absolute atomic E-state index is 0.00249. The maximum Gasteiger partial charge on any atom is 0.234 e. The fraction of sp³-hybridized carbons (Fsp3) is 0.455. The van der Waals surface area contributed by atoms with E-state index in [1.54, 1.807) is 11.3 Å². The average molecular weight is 235 g/mol. The summed E-state index contributed by atoms with van der Waals surface area (Å²) in [5.41, 5.74) is 0.00249. The molecule has 4 nitrogen and oxygen atoms in total. The lowest BCUT2D eigenvalue weighted by Gasteiger charge is -2.15. The molecular formula is C11H13N3OS. The van der Waals surface area contributed by atoms with Gasteiger partial charge in [0.15, 0.2) is 0 Å². The second-order valence-corrected chi connectivity index (χ2v) is 5.34. The molecule has 3 rings (SSSR count). The molecule has 1 atom stereocenters. The van der Waals surface area contributed by atoms with E-state index in [1.165, 1.54) is 0 Å². The molecule has 0 spiro atoms. The van der Waals surface area contributed by atoms with E-state index in [4.69, 9.17) is 4.52 Å². The van der Waals surface area contributed by atoms with Crippen molar-refractivity contribution in [3.8, 4) is 10.7 Å². The number of rotatable bonds is 2. The summed E-state index contributed by atoms with van der Waals surface area (Å²) in [7, 11) is 0. The zero-order valence-electron chi connectivity index (χ0n) is 9.06. The van der Waals surface area contributed by atoms with Crippen molar-refractivity contribution in [2.45, 2.75) is 18.8 Å². The van der Waals surface area contributed by atoms with Crippen molar-refractivity contribution in [3.63, 3.8) is 0 Å². The summed E-state index contributed by atoms with van der Waals surface area (Å²) < 4.78 is 5.38. The van der Waals surface area contributed by atoms with Crippen LogP contribution in [0.2, 0.25) is 0 Å². The maximum atomic E-state index is 5.38. The quantitative estimate of drug-likeness (QED) is 0.865. The summed E-state index contributed by atoms with van der Waals surface area (Å²) in [4.78, 5) is 5.56. The average Bonchev–Trinajstić information content (AvgIpc) is 2.98. The van der Waals surface area contributed by atoms with Gasteiger partial charge in [-0.05, 0) is 31.3 Å². The maximum absolute atomic E-state index is 5.38. The Balaban J connectivity index is 1.93. The van der Waals surface area contributed by atoms with E-state index in [2.05, 4.69) is 22.4 Å². The Kier molecular flexibility index (Phi) is 2.29. The molecule has 84 valence electrons. The number of nitrogens with zero attached hydrogens (tertiary/aromatic N) is 2. The van der Waals surface area contributed by atoms with Crippen LogP contribution in [0, 0.1) is 0 Å². The Bertz CT molecular complexity index is 471. The van der Waals surface area contributed by atoms with E-state index in [0.717, 1.165) is 30.3 Å². The first-order valence-corrected chi connectivity index (χ1v) is 6.25. The molecule has 1 aliphatic rings. The van der Waals surface area contributed by atoms with E-state index in [-0.39, 0.29) is 5.41 Å². The topological polar surface area (TPSA) is 51.0 Å². The van der Waals surface area contributed by atoms with E-state index in [1.807, 2.05) is 17.5 Å². The molecule has 0 amide bonds. The van der Waals surface area contributed by atoms with Gasteiger partial charge in [-0.15, -0.1) is 11.3 Å². The monoisotopic (exact) mass is 235 g/mol. The summed E-state index contributed by atoms with van der Waals surface area (Å²) in [6.45, 7) is 4.10. The predicted molar refractivity (Wildman–Crippen MR) is 62.4 cm³/mol. The Hall–Kier alpha value is -1.20. The van der Waals surface area contributed by atoms with Gasteiger partial charge in [-0.2, -0.15) is 4.98 Å². The van der Waals surface area contributed by atoms with Crippen molar-refractivity contribution in [1.82, 2.24) is 15.5 Å². The highest BCUT2D eigenvalue weighted by Gasteiger charge is 2.36. The normalized spacial score (nSPS) is 25.1. The molecule has 1 saturated heterocycles. The Labute approximate surface area is 97.7 Å². The van der Waals surface area contributed by atoms with Crippen molar-refractivity contribution >= 4 is 11.3 Å². The Morgan fingerprint density at radius 1 is 1.56 bits per heavy atom. The van der Waals surface area contributed by atoms with Crippen molar-refractivity contribution < 1.29 is 4.52 Å². The van der Waals surface area contributed by atoms with Crippen LogP contribution in [0.3, 0.4) is 0 Å². The highest BCUT2D eigenvalue weighted by molar-refractivity contribution is 7.13. The van der Waals surface area contributed by atoms with E-state index in [9.17, 15) is 0 Å². The molecule has 1 fully saturated rings. The molecule has 2 aromatic rings. The molecule has 16 heavy (non-hydrogen) atoms. The summed E-state index contributed by atoms with van der Waals surface area (Å²) in [5.74, 6) is 1.46. The lowest BCUT2D eigenvalue weighted by Crippen LogP contribution is -2.25. The van der Waals surface area contributed by atoms with E-state index >= 15 is 0 Å². The molecule has 0 bridgehead atoms. The summed E-state index contributed by atoms with van der Waals surface area (Å²) in [6, 6.07) is 4.00. The van der Waals surface area contributed by atoms with Crippen LogP contribution in [0.15, 0.2) is 22.0 Å². The highest BCUT2D eigenvalue weighted by atomic mass is 32.1. The lowest BCUT2D eigenvalue weighted by molar-refractivity contribution is 0.306. The van der Waals surface area contributed by atoms with Crippen LogP contribution in [-0.2, 0) is 5.41 Å². The number of hydrogen-bond donors (Lipinski definition) is 1. The third-order valence-electron chi connectivity index (χ3n) is 3.05. The molecule has 1 N–H and O–H groups in total. The Morgan fingerprint density at radius 3 is 3.19 bits per heavy atom. The van der Waals surface area contributed by atoms with E-state index in [0.29, 0.717) is 5.82 Å². The van der Waals surface area contributed by atoms with Crippen LogP contribution in [0.1, 0.15) is 19.2 Å². The molecule has 0 aromatic carbocycles. The molecule has 2 aromatic heterocycles. The number of thiophene rings is 1. The summed E-state index contributed by atoms with van der Waals surface area (Å²) in [6.07, 6.45) is 1.05. The largest absolute Gasteiger partial charge is 0.338 e. The zero-order chi connectivity index (χ0) is 11.0. The van der Waals surface area contributed by atoms with Crippen LogP contribution in [-0.4, -0.2) is 23.2 Å². The predicted octanol–water partition coefficient (Wildman–Crippen LogP) is 2.05. The third kappa shape index (κ3) is 1.56. The van der Waals surface area contributed by atoms with Crippen LogP contribution in [0.25, 0.3) is 10.7 Å². The van der Waals surface area contributed by atoms with Gasteiger partial charge >= 0.3 is 0 Å². The first-order chi connectivity index (χ1) is 7.78. The van der Waals surface area contributed by atoms with Crippen LogP contribution in [0.5, 0.6) is 0 Å². The van der Waals surface area contributed by atoms with Gasteiger partial charge < -0.3 is 9.84 Å². The van der Waals surface area contributed by atoms with Crippen LogP contribution in [0.4, 0.5) is 0 Å². The molecule has 0 saturated carbocycles. The minimum atomic E-state index is 0.00249. The molecule has 5 heteroatoms. The van der Waals surface area contributed by atoms with Gasteiger partial charge in [0, 0.05) is 6.54 Å². The molecule has 0 aliphatic carbocycles.